The molecule has 0 bridgehead atoms. The molecule has 1 aromatic rings. The molecule has 0 atom stereocenters. The molecule has 6 heteroatoms. The van der Waals surface area contributed by atoms with Gasteiger partial charge in [0.05, 0.1) is 0 Å². The molecule has 1 aliphatic heterocycles. The second-order valence-corrected chi connectivity index (χ2v) is 9.85. The van der Waals surface area contributed by atoms with Crippen LogP contribution in [0.4, 0.5) is 0 Å². The molecule has 0 aromatic heterocycles. The van der Waals surface area contributed by atoms with Crippen molar-refractivity contribution >= 4 is 15.7 Å². The van der Waals surface area contributed by atoms with Gasteiger partial charge >= 0.3 is 0 Å². The molecule has 0 unspecified atom stereocenters. The van der Waals surface area contributed by atoms with E-state index in [4.69, 9.17) is 0 Å². The highest BCUT2D eigenvalue weighted by molar-refractivity contribution is 7.92. The van der Waals surface area contributed by atoms with E-state index in [1.165, 1.54) is 11.8 Å². The maximum Gasteiger partial charge on any atom is 0.241 e. The normalized spacial score (nSPS) is 18.1. The molecule has 0 aliphatic carbocycles. The summed E-state index contributed by atoms with van der Waals surface area (Å²) in [5, 5.41) is 6.04. The van der Waals surface area contributed by atoms with Gasteiger partial charge in [0.15, 0.2) is 14.6 Å². The van der Waals surface area contributed by atoms with E-state index in [1.54, 1.807) is 0 Å². The first-order valence-corrected chi connectivity index (χ1v) is 10.3. The Bertz CT molecular complexity index is 663. The maximum absolute atomic E-state index is 12.7. The Morgan fingerprint density at radius 1 is 1.21 bits per heavy atom. The van der Waals surface area contributed by atoms with Crippen molar-refractivity contribution < 1.29 is 13.2 Å². The number of carbonyl (C=O) groups is 1. The Labute approximate surface area is 145 Å². The lowest BCUT2D eigenvalue weighted by Crippen LogP contribution is -2.58. The van der Waals surface area contributed by atoms with Gasteiger partial charge in [-0.1, -0.05) is 44.2 Å². The van der Waals surface area contributed by atoms with E-state index < -0.39 is 14.6 Å². The van der Waals surface area contributed by atoms with Gasteiger partial charge in [0.2, 0.25) is 5.91 Å². The van der Waals surface area contributed by atoms with Crippen LogP contribution in [0.5, 0.6) is 0 Å². The highest BCUT2D eigenvalue weighted by Gasteiger charge is 2.48. The second-order valence-electron chi connectivity index (χ2n) is 7.53. The topological polar surface area (TPSA) is 75.3 Å². The third-order valence-electron chi connectivity index (χ3n) is 4.79. The van der Waals surface area contributed by atoms with Crippen LogP contribution in [-0.2, 0) is 21.1 Å². The summed E-state index contributed by atoms with van der Waals surface area (Å²) < 4.78 is 23.3. The molecular formula is C18H28N2O3S. The number of hydrogen-bond donors (Lipinski definition) is 2. The van der Waals surface area contributed by atoms with E-state index >= 15 is 0 Å². The molecule has 1 aromatic carbocycles. The van der Waals surface area contributed by atoms with Crippen LogP contribution in [0.1, 0.15) is 32.3 Å². The van der Waals surface area contributed by atoms with Crippen molar-refractivity contribution in [2.45, 2.75) is 37.9 Å². The molecule has 0 radical (unpaired) electrons. The van der Waals surface area contributed by atoms with Crippen molar-refractivity contribution in [1.29, 1.82) is 0 Å². The van der Waals surface area contributed by atoms with Crippen LogP contribution < -0.4 is 10.6 Å². The van der Waals surface area contributed by atoms with Crippen molar-refractivity contribution in [3.05, 3.63) is 35.9 Å². The Balaban J connectivity index is 2.05. The van der Waals surface area contributed by atoms with Crippen LogP contribution in [-0.4, -0.2) is 45.0 Å². The minimum Gasteiger partial charge on any atom is -0.354 e. The average Bonchev–Trinajstić information content (AvgIpc) is 2.53. The van der Waals surface area contributed by atoms with Crippen LogP contribution in [0.25, 0.3) is 0 Å². The molecule has 1 amide bonds. The highest BCUT2D eigenvalue weighted by Crippen LogP contribution is 2.29. The number of benzene rings is 1. The van der Waals surface area contributed by atoms with Crippen LogP contribution in [0.15, 0.2) is 30.3 Å². The summed E-state index contributed by atoms with van der Waals surface area (Å²) in [6.07, 6.45) is 2.65. The molecule has 0 spiro atoms. The Morgan fingerprint density at radius 3 is 2.33 bits per heavy atom. The van der Waals surface area contributed by atoms with Gasteiger partial charge in [0.25, 0.3) is 0 Å². The van der Waals surface area contributed by atoms with Crippen molar-refractivity contribution in [3.63, 3.8) is 0 Å². The lowest BCUT2D eigenvalue weighted by molar-refractivity contribution is -0.124. The van der Waals surface area contributed by atoms with Gasteiger partial charge in [-0.15, -0.1) is 0 Å². The summed E-state index contributed by atoms with van der Waals surface area (Å²) in [6.45, 7) is 5.71. The van der Waals surface area contributed by atoms with Crippen molar-refractivity contribution in [3.8, 4) is 0 Å². The molecular weight excluding hydrogens is 324 g/mol. The number of hydrogen-bond acceptors (Lipinski definition) is 4. The molecule has 0 saturated carbocycles. The maximum atomic E-state index is 12.7. The summed E-state index contributed by atoms with van der Waals surface area (Å²) in [5.41, 5.74) is 1.05. The Kier molecular flexibility index (Phi) is 5.71. The van der Waals surface area contributed by atoms with E-state index in [-0.39, 0.29) is 11.3 Å². The van der Waals surface area contributed by atoms with Crippen molar-refractivity contribution in [1.82, 2.24) is 10.6 Å². The zero-order chi connectivity index (χ0) is 17.8. The smallest absolute Gasteiger partial charge is 0.241 e. The molecule has 1 saturated heterocycles. The minimum absolute atomic E-state index is 0.150. The van der Waals surface area contributed by atoms with Gasteiger partial charge in [-0.05, 0) is 43.3 Å². The van der Waals surface area contributed by atoms with E-state index in [9.17, 15) is 13.2 Å². The fraction of sp³-hybridized carbons (Fsp3) is 0.611. The fourth-order valence-corrected chi connectivity index (χ4v) is 4.64. The van der Waals surface area contributed by atoms with Crippen LogP contribution in [0.3, 0.4) is 0 Å². The largest absolute Gasteiger partial charge is 0.354 e. The SMILES string of the molecule is CC(C)(CNC(=O)C1(S(C)(=O)=O)CCNCC1)Cc1ccccc1. The monoisotopic (exact) mass is 352 g/mol. The molecule has 134 valence electrons. The van der Waals surface area contributed by atoms with Gasteiger partial charge in [-0.2, -0.15) is 0 Å². The summed E-state index contributed by atoms with van der Waals surface area (Å²) in [6, 6.07) is 10.1. The molecule has 2 rings (SSSR count). The first kappa shape index (κ1) is 18.9. The van der Waals surface area contributed by atoms with Crippen LogP contribution >= 0.6 is 0 Å². The number of carbonyl (C=O) groups excluding carboxylic acids is 1. The first-order valence-electron chi connectivity index (χ1n) is 8.39. The highest BCUT2D eigenvalue weighted by atomic mass is 32.2. The third kappa shape index (κ3) is 4.36. The first-order chi connectivity index (χ1) is 11.2. The zero-order valence-electron chi connectivity index (χ0n) is 14.8. The van der Waals surface area contributed by atoms with Crippen molar-refractivity contribution in [2.24, 2.45) is 5.41 Å². The van der Waals surface area contributed by atoms with Gasteiger partial charge in [-0.3, -0.25) is 4.79 Å². The van der Waals surface area contributed by atoms with Crippen molar-refractivity contribution in [2.75, 3.05) is 25.9 Å². The zero-order valence-corrected chi connectivity index (χ0v) is 15.6. The number of amides is 1. The lowest BCUT2D eigenvalue weighted by Gasteiger charge is -2.35. The molecule has 24 heavy (non-hydrogen) atoms. The molecule has 1 fully saturated rings. The number of nitrogens with one attached hydrogen (secondary N) is 2. The molecule has 1 heterocycles. The summed E-state index contributed by atoms with van der Waals surface area (Å²) in [7, 11) is -3.47. The van der Waals surface area contributed by atoms with E-state index in [2.05, 4.69) is 36.6 Å². The predicted molar refractivity (Wildman–Crippen MR) is 96.6 cm³/mol. The van der Waals surface area contributed by atoms with Crippen LogP contribution in [0.2, 0.25) is 0 Å². The minimum atomic E-state index is -3.47. The lowest BCUT2D eigenvalue weighted by atomic mass is 9.85. The number of piperidine rings is 1. The van der Waals surface area contributed by atoms with Gasteiger partial charge in [0.1, 0.15) is 0 Å². The van der Waals surface area contributed by atoms with E-state index in [1.807, 2.05) is 18.2 Å². The summed E-state index contributed by atoms with van der Waals surface area (Å²) >= 11 is 0. The van der Waals surface area contributed by atoms with E-state index in [0.29, 0.717) is 32.5 Å². The summed E-state index contributed by atoms with van der Waals surface area (Å²) in [4.78, 5) is 12.7. The third-order valence-corrected chi connectivity index (χ3v) is 6.80. The molecule has 1 aliphatic rings. The second kappa shape index (κ2) is 7.23. The summed E-state index contributed by atoms with van der Waals surface area (Å²) in [5.74, 6) is -0.354. The van der Waals surface area contributed by atoms with Gasteiger partial charge in [0, 0.05) is 12.8 Å². The van der Waals surface area contributed by atoms with Crippen LogP contribution in [0, 0.1) is 5.41 Å². The average molecular weight is 353 g/mol. The molecule has 2 N–H and O–H groups in total. The fourth-order valence-electron chi connectivity index (χ4n) is 3.29. The quantitative estimate of drug-likeness (QED) is 0.814. The van der Waals surface area contributed by atoms with Gasteiger partial charge in [-0.25, -0.2) is 8.42 Å². The standard InChI is InChI=1S/C18H28N2O3S/c1-17(2,13-15-7-5-4-6-8-15)14-20-16(21)18(24(3,22)23)9-11-19-12-10-18/h4-8,19H,9-14H2,1-3H3,(H,20,21). The predicted octanol–water partition coefficient (Wildman–Crippen LogP) is 1.54. The number of rotatable bonds is 6. The number of sulfone groups is 1. The Morgan fingerprint density at radius 2 is 1.79 bits per heavy atom. The van der Waals surface area contributed by atoms with E-state index in [0.717, 1.165) is 6.42 Å². The molecule has 5 nitrogen and oxygen atoms in total. The van der Waals surface area contributed by atoms with Gasteiger partial charge < -0.3 is 10.6 Å². The Hall–Kier alpha value is -1.40.